The van der Waals surface area contributed by atoms with Gasteiger partial charge in [0.25, 0.3) is 0 Å². The van der Waals surface area contributed by atoms with E-state index in [0.717, 1.165) is 17.6 Å². The SMILES string of the molecule is Cl.Cn1c(=O)n(C)c2cc(CNC(C)(C)C)ccc21. The standard InChI is InChI=1S/C14H21N3O.ClH/c1-14(2,3)15-9-10-6-7-11-12(8-10)17(5)13(18)16(11)4;/h6-8,15H,9H2,1-5H3;1H. The number of aryl methyl sites for hydroxylation is 2. The summed E-state index contributed by atoms with van der Waals surface area (Å²) < 4.78 is 3.37. The molecular weight excluding hydrogens is 262 g/mol. The van der Waals surface area contributed by atoms with Crippen molar-refractivity contribution in [1.29, 1.82) is 0 Å². The molecule has 5 heteroatoms. The van der Waals surface area contributed by atoms with Crippen LogP contribution in [0.3, 0.4) is 0 Å². The first-order valence-corrected chi connectivity index (χ1v) is 6.19. The maximum atomic E-state index is 11.8. The Balaban J connectivity index is 0.00000180. The van der Waals surface area contributed by atoms with E-state index in [1.54, 1.807) is 16.2 Å². The Kier molecular flexibility index (Phi) is 4.48. The molecule has 1 N–H and O–H groups in total. The third kappa shape index (κ3) is 3.19. The second kappa shape index (κ2) is 5.39. The van der Waals surface area contributed by atoms with Gasteiger partial charge in [-0.1, -0.05) is 6.07 Å². The highest BCUT2D eigenvalue weighted by atomic mass is 35.5. The minimum atomic E-state index is 0. The van der Waals surface area contributed by atoms with Crippen molar-refractivity contribution in [3.63, 3.8) is 0 Å². The van der Waals surface area contributed by atoms with E-state index < -0.39 is 0 Å². The zero-order chi connectivity index (χ0) is 13.5. The normalized spacial score (nSPS) is 11.6. The van der Waals surface area contributed by atoms with Crippen LogP contribution >= 0.6 is 12.4 Å². The number of hydrogen-bond acceptors (Lipinski definition) is 2. The van der Waals surface area contributed by atoms with Gasteiger partial charge in [-0.3, -0.25) is 9.13 Å². The predicted octanol–water partition coefficient (Wildman–Crippen LogP) is 2.19. The van der Waals surface area contributed by atoms with E-state index in [4.69, 9.17) is 0 Å². The van der Waals surface area contributed by atoms with Crippen molar-refractivity contribution in [2.45, 2.75) is 32.9 Å². The quantitative estimate of drug-likeness (QED) is 0.918. The zero-order valence-electron chi connectivity index (χ0n) is 12.2. The summed E-state index contributed by atoms with van der Waals surface area (Å²) in [7, 11) is 3.61. The Bertz CT molecular complexity index is 634. The van der Waals surface area contributed by atoms with Crippen molar-refractivity contribution >= 4 is 23.4 Å². The largest absolute Gasteiger partial charge is 0.328 e. The second-order valence-electron chi connectivity index (χ2n) is 5.83. The highest BCUT2D eigenvalue weighted by Crippen LogP contribution is 2.14. The molecule has 19 heavy (non-hydrogen) atoms. The van der Waals surface area contributed by atoms with E-state index in [1.165, 1.54) is 5.56 Å². The number of nitrogens with one attached hydrogen (secondary N) is 1. The van der Waals surface area contributed by atoms with Gasteiger partial charge in [0.2, 0.25) is 0 Å². The summed E-state index contributed by atoms with van der Waals surface area (Å²) >= 11 is 0. The van der Waals surface area contributed by atoms with Gasteiger partial charge < -0.3 is 5.32 Å². The molecule has 106 valence electrons. The van der Waals surface area contributed by atoms with Crippen LogP contribution in [0.25, 0.3) is 11.0 Å². The molecule has 1 aromatic heterocycles. The van der Waals surface area contributed by atoms with Gasteiger partial charge in [-0.2, -0.15) is 0 Å². The monoisotopic (exact) mass is 283 g/mol. The first-order chi connectivity index (χ1) is 8.29. The number of imidazole rings is 1. The van der Waals surface area contributed by atoms with E-state index in [-0.39, 0.29) is 23.6 Å². The Morgan fingerprint density at radius 2 is 1.68 bits per heavy atom. The van der Waals surface area contributed by atoms with Crippen LogP contribution in [0, 0.1) is 0 Å². The lowest BCUT2D eigenvalue weighted by molar-refractivity contribution is 0.424. The molecule has 0 aliphatic heterocycles. The number of rotatable bonds is 2. The molecule has 0 radical (unpaired) electrons. The third-order valence-electron chi connectivity index (χ3n) is 3.16. The molecule has 1 aromatic carbocycles. The van der Waals surface area contributed by atoms with Crippen LogP contribution in [0.5, 0.6) is 0 Å². The summed E-state index contributed by atoms with van der Waals surface area (Å²) in [5.41, 5.74) is 3.26. The number of halogens is 1. The number of benzene rings is 1. The molecule has 2 rings (SSSR count). The van der Waals surface area contributed by atoms with Crippen molar-refractivity contribution in [3.8, 4) is 0 Å². The van der Waals surface area contributed by atoms with Gasteiger partial charge in [-0.15, -0.1) is 12.4 Å². The van der Waals surface area contributed by atoms with Gasteiger partial charge in [0.15, 0.2) is 0 Å². The first-order valence-electron chi connectivity index (χ1n) is 6.19. The van der Waals surface area contributed by atoms with E-state index >= 15 is 0 Å². The Morgan fingerprint density at radius 1 is 1.11 bits per heavy atom. The number of aromatic nitrogens is 2. The van der Waals surface area contributed by atoms with E-state index in [9.17, 15) is 4.79 Å². The molecule has 0 aliphatic rings. The van der Waals surface area contributed by atoms with Gasteiger partial charge in [0.1, 0.15) is 0 Å². The molecule has 4 nitrogen and oxygen atoms in total. The van der Waals surface area contributed by atoms with Crippen LogP contribution < -0.4 is 11.0 Å². The summed E-state index contributed by atoms with van der Waals surface area (Å²) in [5, 5.41) is 3.45. The first kappa shape index (κ1) is 15.8. The van der Waals surface area contributed by atoms with Gasteiger partial charge in [0.05, 0.1) is 11.0 Å². The summed E-state index contributed by atoms with van der Waals surface area (Å²) in [4.78, 5) is 11.8. The van der Waals surface area contributed by atoms with Crippen molar-refractivity contribution in [1.82, 2.24) is 14.5 Å². The summed E-state index contributed by atoms with van der Waals surface area (Å²) in [6.45, 7) is 7.24. The lowest BCUT2D eigenvalue weighted by Crippen LogP contribution is -2.35. The maximum Gasteiger partial charge on any atom is 0.328 e. The topological polar surface area (TPSA) is 39.0 Å². The van der Waals surface area contributed by atoms with Crippen molar-refractivity contribution in [3.05, 3.63) is 34.2 Å². The molecule has 0 bridgehead atoms. The van der Waals surface area contributed by atoms with Crippen LogP contribution in [-0.4, -0.2) is 14.7 Å². The molecule has 0 spiro atoms. The van der Waals surface area contributed by atoms with Gasteiger partial charge >= 0.3 is 5.69 Å². The molecular formula is C14H22ClN3O. The van der Waals surface area contributed by atoms with Gasteiger partial charge in [-0.25, -0.2) is 4.79 Å². The number of hydrogen-bond donors (Lipinski definition) is 1. The summed E-state index contributed by atoms with van der Waals surface area (Å²) in [5.74, 6) is 0. The zero-order valence-corrected chi connectivity index (χ0v) is 13.0. The fourth-order valence-corrected chi connectivity index (χ4v) is 2.03. The van der Waals surface area contributed by atoms with Crippen LogP contribution in [-0.2, 0) is 20.6 Å². The van der Waals surface area contributed by atoms with Crippen LogP contribution in [0.15, 0.2) is 23.0 Å². The van der Waals surface area contributed by atoms with E-state index in [0.29, 0.717) is 0 Å². The van der Waals surface area contributed by atoms with Crippen LogP contribution in [0.4, 0.5) is 0 Å². The summed E-state index contributed by atoms with van der Waals surface area (Å²) in [6, 6.07) is 6.16. The minimum Gasteiger partial charge on any atom is -0.308 e. The smallest absolute Gasteiger partial charge is 0.308 e. The van der Waals surface area contributed by atoms with Crippen molar-refractivity contribution in [2.75, 3.05) is 0 Å². The highest BCUT2D eigenvalue weighted by molar-refractivity contribution is 5.85. The molecule has 2 aromatic rings. The van der Waals surface area contributed by atoms with Crippen LogP contribution in [0.2, 0.25) is 0 Å². The summed E-state index contributed by atoms with van der Waals surface area (Å²) in [6.07, 6.45) is 0. The molecule has 1 heterocycles. The molecule has 0 saturated heterocycles. The lowest BCUT2D eigenvalue weighted by Gasteiger charge is -2.20. The van der Waals surface area contributed by atoms with E-state index in [2.05, 4.69) is 38.2 Å². The number of nitrogens with zero attached hydrogens (tertiary/aromatic N) is 2. The van der Waals surface area contributed by atoms with Gasteiger partial charge in [0, 0.05) is 26.2 Å². The third-order valence-corrected chi connectivity index (χ3v) is 3.16. The molecule has 0 atom stereocenters. The molecule has 0 aliphatic carbocycles. The number of fused-ring (bicyclic) bond motifs is 1. The highest BCUT2D eigenvalue weighted by Gasteiger charge is 2.11. The maximum absolute atomic E-state index is 11.8. The average Bonchev–Trinajstić information content (AvgIpc) is 2.51. The van der Waals surface area contributed by atoms with Crippen LogP contribution in [0.1, 0.15) is 26.3 Å². The second-order valence-corrected chi connectivity index (χ2v) is 5.83. The van der Waals surface area contributed by atoms with Gasteiger partial charge in [-0.05, 0) is 38.5 Å². The van der Waals surface area contributed by atoms with E-state index in [1.807, 2.05) is 13.1 Å². The Hall–Kier alpha value is -1.26. The molecule has 0 saturated carbocycles. The molecule has 0 amide bonds. The predicted molar refractivity (Wildman–Crippen MR) is 82.0 cm³/mol. The fourth-order valence-electron chi connectivity index (χ4n) is 2.03. The Morgan fingerprint density at radius 3 is 2.26 bits per heavy atom. The Labute approximate surface area is 119 Å². The molecule has 0 unspecified atom stereocenters. The minimum absolute atomic E-state index is 0. The molecule has 0 fully saturated rings. The fraction of sp³-hybridized carbons (Fsp3) is 0.500. The lowest BCUT2D eigenvalue weighted by atomic mass is 10.1. The van der Waals surface area contributed by atoms with Crippen molar-refractivity contribution in [2.24, 2.45) is 14.1 Å². The van der Waals surface area contributed by atoms with Crippen molar-refractivity contribution < 1.29 is 0 Å². The average molecular weight is 284 g/mol.